The Balaban J connectivity index is 1.68. The minimum atomic E-state index is -0.113. The second kappa shape index (κ2) is 7.58. The van der Waals surface area contributed by atoms with Crippen LogP contribution in [0.5, 0.6) is 0 Å². The molecule has 0 radical (unpaired) electrons. The van der Waals surface area contributed by atoms with Crippen molar-refractivity contribution in [1.82, 2.24) is 9.80 Å². The number of furan rings is 1. The van der Waals surface area contributed by atoms with Crippen molar-refractivity contribution in [2.75, 3.05) is 20.1 Å². The van der Waals surface area contributed by atoms with Crippen molar-refractivity contribution in [2.24, 2.45) is 0 Å². The van der Waals surface area contributed by atoms with Gasteiger partial charge < -0.3 is 14.2 Å². The van der Waals surface area contributed by atoms with E-state index in [1.165, 1.54) is 11.1 Å². The van der Waals surface area contributed by atoms with E-state index in [1.54, 1.807) is 41.6 Å². The summed E-state index contributed by atoms with van der Waals surface area (Å²) in [5, 5.41) is 0.711. The first kappa shape index (κ1) is 18.6. The van der Waals surface area contributed by atoms with Crippen molar-refractivity contribution in [2.45, 2.75) is 43.2 Å². The molecule has 3 rings (SSSR count). The highest BCUT2D eigenvalue weighted by atomic mass is 32.2. The molecule has 2 aromatic rings. The summed E-state index contributed by atoms with van der Waals surface area (Å²) in [6.45, 7) is 6.88. The van der Waals surface area contributed by atoms with Gasteiger partial charge >= 0.3 is 0 Å². The molecule has 1 aromatic heterocycles. The van der Waals surface area contributed by atoms with Crippen LogP contribution < -0.4 is 0 Å². The number of carbonyl (C=O) groups excluding carboxylic acids is 2. The van der Waals surface area contributed by atoms with Gasteiger partial charge in [-0.2, -0.15) is 0 Å². The Morgan fingerprint density at radius 3 is 2.54 bits per heavy atom. The van der Waals surface area contributed by atoms with Crippen molar-refractivity contribution in [3.8, 4) is 0 Å². The molecule has 1 aliphatic heterocycles. The first-order valence-corrected chi connectivity index (χ1v) is 9.55. The van der Waals surface area contributed by atoms with Gasteiger partial charge in [0, 0.05) is 32.0 Å². The van der Waals surface area contributed by atoms with E-state index in [-0.39, 0.29) is 17.9 Å². The Hall–Kier alpha value is -2.21. The molecule has 1 fully saturated rings. The highest BCUT2D eigenvalue weighted by Crippen LogP contribution is 2.34. The van der Waals surface area contributed by atoms with E-state index in [1.807, 2.05) is 12.1 Å². The first-order chi connectivity index (χ1) is 12.4. The van der Waals surface area contributed by atoms with Gasteiger partial charge in [0.1, 0.15) is 0 Å². The van der Waals surface area contributed by atoms with Gasteiger partial charge in [0.25, 0.3) is 5.91 Å². The molecule has 0 spiro atoms. The smallest absolute Gasteiger partial charge is 0.289 e. The maximum atomic E-state index is 12.7. The van der Waals surface area contributed by atoms with Crippen LogP contribution in [0.1, 0.15) is 35.0 Å². The number of carbonyl (C=O) groups is 2. The molecule has 0 aliphatic carbocycles. The van der Waals surface area contributed by atoms with Gasteiger partial charge in [-0.1, -0.05) is 30.0 Å². The number of rotatable bonds is 4. The van der Waals surface area contributed by atoms with Crippen LogP contribution in [0.15, 0.2) is 44.7 Å². The van der Waals surface area contributed by atoms with E-state index in [9.17, 15) is 9.59 Å². The number of hydrogen-bond donors (Lipinski definition) is 0. The van der Waals surface area contributed by atoms with Crippen molar-refractivity contribution < 1.29 is 14.0 Å². The summed E-state index contributed by atoms with van der Waals surface area (Å²) in [5.74, 6) is 0.261. The van der Waals surface area contributed by atoms with Crippen LogP contribution in [-0.4, -0.2) is 47.8 Å². The Labute approximate surface area is 158 Å². The summed E-state index contributed by atoms with van der Waals surface area (Å²) >= 11 is 1.54. The normalized spacial score (nSPS) is 16.8. The van der Waals surface area contributed by atoms with E-state index in [0.717, 1.165) is 11.3 Å². The van der Waals surface area contributed by atoms with Gasteiger partial charge in [0.2, 0.25) is 5.91 Å². The molecule has 1 aromatic carbocycles. The summed E-state index contributed by atoms with van der Waals surface area (Å²) in [6, 6.07) is 9.84. The Morgan fingerprint density at radius 1 is 1.19 bits per heavy atom. The number of aryl methyl sites for hydroxylation is 2. The number of likely N-dealkylation sites (tertiary alicyclic amines) is 1. The third kappa shape index (κ3) is 3.80. The zero-order chi connectivity index (χ0) is 18.8. The molecular weight excluding hydrogens is 348 g/mol. The lowest BCUT2D eigenvalue weighted by Crippen LogP contribution is -2.38. The Kier molecular flexibility index (Phi) is 5.41. The van der Waals surface area contributed by atoms with Gasteiger partial charge in [0.15, 0.2) is 10.9 Å². The quantitative estimate of drug-likeness (QED) is 0.820. The van der Waals surface area contributed by atoms with Gasteiger partial charge in [-0.15, -0.1) is 0 Å². The van der Waals surface area contributed by atoms with Crippen molar-refractivity contribution in [1.29, 1.82) is 0 Å². The average Bonchev–Trinajstić information content (AvgIpc) is 3.26. The predicted molar refractivity (Wildman–Crippen MR) is 101 cm³/mol. The predicted octanol–water partition coefficient (Wildman–Crippen LogP) is 3.74. The first-order valence-electron chi connectivity index (χ1n) is 8.73. The van der Waals surface area contributed by atoms with E-state index in [2.05, 4.69) is 26.0 Å². The molecule has 2 amide bonds. The fourth-order valence-electron chi connectivity index (χ4n) is 3.21. The molecule has 1 unspecified atom stereocenters. The third-order valence-corrected chi connectivity index (χ3v) is 6.17. The second-order valence-electron chi connectivity index (χ2n) is 6.77. The number of likely N-dealkylation sites (N-methyl/N-ethyl adjacent to an activating group) is 1. The standard InChI is InChI=1S/C20H24N2O3S/c1-13-6-5-7-14(2)19(13)26-18-9-8-17(25-18)20(24)22-11-10-16(12-22)21(4)15(3)23/h5-9,16H,10-12H2,1-4H3. The molecule has 1 aliphatic rings. The number of benzene rings is 1. The summed E-state index contributed by atoms with van der Waals surface area (Å²) in [4.78, 5) is 28.8. The van der Waals surface area contributed by atoms with Crippen LogP contribution in [0, 0.1) is 13.8 Å². The minimum absolute atomic E-state index is 0.0228. The SMILES string of the molecule is CC(=O)N(C)C1CCN(C(=O)c2ccc(Sc3c(C)cccc3C)o2)C1. The largest absolute Gasteiger partial charge is 0.444 e. The molecule has 1 saturated heterocycles. The molecule has 5 nitrogen and oxygen atoms in total. The lowest BCUT2D eigenvalue weighted by Gasteiger charge is -2.23. The third-order valence-electron chi connectivity index (χ3n) is 4.90. The minimum Gasteiger partial charge on any atom is -0.444 e. The van der Waals surface area contributed by atoms with Crippen LogP contribution in [-0.2, 0) is 4.79 Å². The molecule has 138 valence electrons. The molecule has 6 heteroatoms. The maximum Gasteiger partial charge on any atom is 0.289 e. The summed E-state index contributed by atoms with van der Waals surface area (Å²) in [7, 11) is 1.78. The number of hydrogen-bond acceptors (Lipinski definition) is 4. The van der Waals surface area contributed by atoms with Crippen LogP contribution in [0.4, 0.5) is 0 Å². The van der Waals surface area contributed by atoms with Gasteiger partial charge in [-0.05, 0) is 43.5 Å². The van der Waals surface area contributed by atoms with Crippen LogP contribution in [0.25, 0.3) is 0 Å². The summed E-state index contributed by atoms with van der Waals surface area (Å²) < 4.78 is 5.81. The Bertz CT molecular complexity index is 810. The van der Waals surface area contributed by atoms with Crippen LogP contribution >= 0.6 is 11.8 Å². The Morgan fingerprint density at radius 2 is 1.88 bits per heavy atom. The molecule has 0 saturated carbocycles. The second-order valence-corrected chi connectivity index (χ2v) is 7.78. The van der Waals surface area contributed by atoms with Gasteiger partial charge in [0.05, 0.1) is 6.04 Å². The van der Waals surface area contributed by atoms with E-state index in [4.69, 9.17) is 4.42 Å². The van der Waals surface area contributed by atoms with E-state index in [0.29, 0.717) is 23.9 Å². The highest BCUT2D eigenvalue weighted by molar-refractivity contribution is 7.99. The van der Waals surface area contributed by atoms with E-state index >= 15 is 0 Å². The summed E-state index contributed by atoms with van der Waals surface area (Å²) in [6.07, 6.45) is 0.798. The molecular formula is C20H24N2O3S. The van der Waals surface area contributed by atoms with Gasteiger partial charge in [-0.3, -0.25) is 9.59 Å². The number of amides is 2. The zero-order valence-electron chi connectivity index (χ0n) is 15.6. The lowest BCUT2D eigenvalue weighted by molar-refractivity contribution is -0.129. The van der Waals surface area contributed by atoms with Crippen molar-refractivity contribution in [3.63, 3.8) is 0 Å². The van der Waals surface area contributed by atoms with Crippen molar-refractivity contribution >= 4 is 23.6 Å². The molecule has 26 heavy (non-hydrogen) atoms. The summed E-state index contributed by atoms with van der Waals surface area (Å²) in [5.41, 5.74) is 2.38. The molecule has 0 N–H and O–H groups in total. The topological polar surface area (TPSA) is 53.8 Å². The van der Waals surface area contributed by atoms with Crippen LogP contribution in [0.2, 0.25) is 0 Å². The molecule has 2 heterocycles. The lowest BCUT2D eigenvalue weighted by atomic mass is 10.2. The van der Waals surface area contributed by atoms with E-state index < -0.39 is 0 Å². The van der Waals surface area contributed by atoms with Crippen LogP contribution in [0.3, 0.4) is 0 Å². The fraction of sp³-hybridized carbons (Fsp3) is 0.400. The molecule has 1 atom stereocenters. The fourth-order valence-corrected chi connectivity index (χ4v) is 4.13. The maximum absolute atomic E-state index is 12.7. The van der Waals surface area contributed by atoms with Gasteiger partial charge in [-0.25, -0.2) is 0 Å². The van der Waals surface area contributed by atoms with Crippen molar-refractivity contribution in [3.05, 3.63) is 47.2 Å². The monoisotopic (exact) mass is 372 g/mol. The highest BCUT2D eigenvalue weighted by Gasteiger charge is 2.31. The zero-order valence-corrected chi connectivity index (χ0v) is 16.4. The molecule has 0 bridgehead atoms. The number of nitrogens with zero attached hydrogens (tertiary/aromatic N) is 2. The average molecular weight is 372 g/mol.